The molecule has 27 heavy (non-hydrogen) atoms. The zero-order chi connectivity index (χ0) is 19.9. The molecule has 7 nitrogen and oxygen atoms in total. The Kier molecular flexibility index (Phi) is 4.79. The summed E-state index contributed by atoms with van der Waals surface area (Å²) in [5, 5.41) is 12.0. The van der Waals surface area contributed by atoms with Gasteiger partial charge in [-0.2, -0.15) is 4.31 Å². The summed E-state index contributed by atoms with van der Waals surface area (Å²) in [7, 11) is -2.52. The van der Waals surface area contributed by atoms with E-state index in [-0.39, 0.29) is 10.6 Å². The molecule has 1 atom stereocenters. The molecule has 0 saturated heterocycles. The Balaban J connectivity index is 2.05. The maximum atomic E-state index is 13.2. The van der Waals surface area contributed by atoms with Gasteiger partial charge in [0.05, 0.1) is 15.9 Å². The van der Waals surface area contributed by atoms with Crippen LogP contribution in [0.1, 0.15) is 29.9 Å². The molecule has 0 amide bonds. The maximum absolute atomic E-state index is 13.2. The number of non-ortho nitro benzene ring substituents is 1. The molecule has 0 bridgehead atoms. The van der Waals surface area contributed by atoms with E-state index in [2.05, 4.69) is 0 Å². The molecule has 1 heterocycles. The van der Waals surface area contributed by atoms with Crippen LogP contribution in [0, 0.1) is 24.0 Å². The zero-order valence-corrected chi connectivity index (χ0v) is 16.3. The highest BCUT2D eigenvalue weighted by Crippen LogP contribution is 2.33. The number of nitro benzene ring substituents is 1. The van der Waals surface area contributed by atoms with Gasteiger partial charge >= 0.3 is 0 Å². The highest BCUT2D eigenvalue weighted by molar-refractivity contribution is 7.89. The molecule has 0 aliphatic rings. The number of fused-ring (bicyclic) bond motifs is 1. The summed E-state index contributed by atoms with van der Waals surface area (Å²) in [6, 6.07) is 11.1. The third-order valence-corrected chi connectivity index (χ3v) is 6.93. The van der Waals surface area contributed by atoms with E-state index in [0.717, 1.165) is 11.5 Å². The van der Waals surface area contributed by atoms with Crippen molar-refractivity contribution >= 4 is 26.7 Å². The van der Waals surface area contributed by atoms with E-state index < -0.39 is 21.0 Å². The quantitative estimate of drug-likeness (QED) is 0.479. The zero-order valence-electron chi connectivity index (χ0n) is 15.5. The first kappa shape index (κ1) is 19.1. The van der Waals surface area contributed by atoms with Crippen LogP contribution in [0.25, 0.3) is 11.0 Å². The van der Waals surface area contributed by atoms with Crippen molar-refractivity contribution in [3.05, 3.63) is 69.5 Å². The Hall–Kier alpha value is -2.71. The van der Waals surface area contributed by atoms with Gasteiger partial charge in [0.1, 0.15) is 11.3 Å². The number of para-hydroxylation sites is 1. The minimum atomic E-state index is -3.96. The molecular formula is C19H20N2O5S. The summed E-state index contributed by atoms with van der Waals surface area (Å²) in [6.07, 6.45) is 0. The number of hydrogen-bond donors (Lipinski definition) is 0. The van der Waals surface area contributed by atoms with Crippen LogP contribution in [0.2, 0.25) is 0 Å². The minimum Gasteiger partial charge on any atom is -0.459 e. The SMILES string of the molecule is Cc1cc([N+](=O)[O-])cc(S(=O)(=O)N(C)[C@H](C)c2cc3ccccc3o2)c1C. The van der Waals surface area contributed by atoms with Crippen LogP contribution >= 0.6 is 0 Å². The van der Waals surface area contributed by atoms with Gasteiger partial charge in [-0.1, -0.05) is 18.2 Å². The molecule has 0 unspecified atom stereocenters. The van der Waals surface area contributed by atoms with Crippen molar-refractivity contribution in [3.8, 4) is 0 Å². The molecule has 8 heteroatoms. The number of nitro groups is 1. The third-order valence-electron chi connectivity index (χ3n) is 4.87. The Labute approximate surface area is 157 Å². The van der Waals surface area contributed by atoms with Crippen molar-refractivity contribution in [2.75, 3.05) is 7.05 Å². The van der Waals surface area contributed by atoms with E-state index in [0.29, 0.717) is 22.5 Å². The molecule has 0 fully saturated rings. The number of sulfonamides is 1. The second-order valence-electron chi connectivity index (χ2n) is 6.53. The van der Waals surface area contributed by atoms with E-state index in [1.54, 1.807) is 26.8 Å². The molecular weight excluding hydrogens is 368 g/mol. The van der Waals surface area contributed by atoms with Crippen molar-refractivity contribution in [1.82, 2.24) is 4.31 Å². The van der Waals surface area contributed by atoms with Crippen molar-refractivity contribution < 1.29 is 17.8 Å². The summed E-state index contributed by atoms with van der Waals surface area (Å²) < 4.78 is 33.3. The number of aryl methyl sites for hydroxylation is 1. The number of rotatable bonds is 5. The van der Waals surface area contributed by atoms with Gasteiger partial charge in [-0.25, -0.2) is 8.42 Å². The van der Waals surface area contributed by atoms with Crippen molar-refractivity contribution in [3.63, 3.8) is 0 Å². The van der Waals surface area contributed by atoms with Gasteiger partial charge < -0.3 is 4.42 Å². The number of benzene rings is 2. The fraction of sp³-hybridized carbons (Fsp3) is 0.263. The van der Waals surface area contributed by atoms with E-state index in [1.165, 1.54) is 17.4 Å². The average Bonchev–Trinajstić information content (AvgIpc) is 3.06. The maximum Gasteiger partial charge on any atom is 0.271 e. The third kappa shape index (κ3) is 3.33. The molecule has 3 aromatic rings. The average molecular weight is 388 g/mol. The molecule has 0 radical (unpaired) electrons. The lowest BCUT2D eigenvalue weighted by molar-refractivity contribution is -0.385. The van der Waals surface area contributed by atoms with E-state index in [9.17, 15) is 18.5 Å². The van der Waals surface area contributed by atoms with Crippen LogP contribution < -0.4 is 0 Å². The number of nitrogens with zero attached hydrogens (tertiary/aromatic N) is 2. The van der Waals surface area contributed by atoms with E-state index in [4.69, 9.17) is 4.42 Å². The lowest BCUT2D eigenvalue weighted by atomic mass is 10.1. The molecule has 0 N–H and O–H groups in total. The molecule has 0 aliphatic carbocycles. The van der Waals surface area contributed by atoms with E-state index in [1.807, 2.05) is 24.3 Å². The Morgan fingerprint density at radius 1 is 1.15 bits per heavy atom. The lowest BCUT2D eigenvalue weighted by Gasteiger charge is -2.24. The highest BCUT2D eigenvalue weighted by atomic mass is 32.2. The minimum absolute atomic E-state index is 0.0698. The van der Waals surface area contributed by atoms with Gasteiger partial charge in [0, 0.05) is 24.6 Å². The summed E-state index contributed by atoms with van der Waals surface area (Å²) in [4.78, 5) is 10.5. The summed E-state index contributed by atoms with van der Waals surface area (Å²) in [5.41, 5.74) is 1.46. The van der Waals surface area contributed by atoms with E-state index >= 15 is 0 Å². The van der Waals surface area contributed by atoms with Gasteiger partial charge in [0.25, 0.3) is 5.69 Å². The van der Waals surface area contributed by atoms with Crippen LogP contribution in [0.3, 0.4) is 0 Å². The fourth-order valence-electron chi connectivity index (χ4n) is 2.93. The molecule has 1 aromatic heterocycles. The second-order valence-corrected chi connectivity index (χ2v) is 8.49. The first-order valence-corrected chi connectivity index (χ1v) is 9.79. The van der Waals surface area contributed by atoms with Gasteiger partial charge in [-0.15, -0.1) is 0 Å². The van der Waals surface area contributed by atoms with Gasteiger partial charge in [-0.05, 0) is 44.0 Å². The predicted molar refractivity (Wildman–Crippen MR) is 102 cm³/mol. The Bertz CT molecular complexity index is 1100. The smallest absolute Gasteiger partial charge is 0.271 e. The highest BCUT2D eigenvalue weighted by Gasteiger charge is 2.31. The fourth-order valence-corrected chi connectivity index (χ4v) is 4.58. The van der Waals surface area contributed by atoms with Gasteiger partial charge in [0.15, 0.2) is 0 Å². The lowest BCUT2D eigenvalue weighted by Crippen LogP contribution is -2.30. The van der Waals surface area contributed by atoms with Crippen molar-refractivity contribution in [1.29, 1.82) is 0 Å². The topological polar surface area (TPSA) is 93.7 Å². The number of furan rings is 1. The van der Waals surface area contributed by atoms with Gasteiger partial charge in [-0.3, -0.25) is 10.1 Å². The summed E-state index contributed by atoms with van der Waals surface area (Å²) in [6.45, 7) is 5.02. The van der Waals surface area contributed by atoms with Gasteiger partial charge in [0.2, 0.25) is 10.0 Å². The Morgan fingerprint density at radius 2 is 1.81 bits per heavy atom. The first-order chi connectivity index (χ1) is 12.6. The van der Waals surface area contributed by atoms with Crippen LogP contribution in [-0.4, -0.2) is 24.7 Å². The van der Waals surface area contributed by atoms with Crippen LogP contribution in [0.5, 0.6) is 0 Å². The normalized spacial score (nSPS) is 13.2. The molecule has 0 spiro atoms. The standard InChI is InChI=1S/C19H20N2O5S/c1-12-9-16(21(22)23)11-19(13(12)2)27(24,25)20(4)14(3)18-10-15-7-5-6-8-17(15)26-18/h5-11,14H,1-4H3/t14-/m1/s1. The molecule has 0 saturated carbocycles. The summed E-state index contributed by atoms with van der Waals surface area (Å²) in [5.74, 6) is 0.502. The first-order valence-electron chi connectivity index (χ1n) is 8.35. The monoisotopic (exact) mass is 388 g/mol. The second kappa shape index (κ2) is 6.79. The largest absolute Gasteiger partial charge is 0.459 e. The van der Waals surface area contributed by atoms with Crippen molar-refractivity contribution in [2.24, 2.45) is 0 Å². The molecule has 2 aromatic carbocycles. The predicted octanol–water partition coefficient (Wildman–Crippen LogP) is 4.34. The molecule has 0 aliphatic heterocycles. The van der Waals surface area contributed by atoms with Crippen LogP contribution in [0.15, 0.2) is 51.8 Å². The molecule has 142 valence electrons. The molecule has 3 rings (SSSR count). The van der Waals surface area contributed by atoms with Crippen molar-refractivity contribution in [2.45, 2.75) is 31.7 Å². The van der Waals surface area contributed by atoms with Crippen LogP contribution in [-0.2, 0) is 10.0 Å². The Morgan fingerprint density at radius 3 is 2.44 bits per heavy atom. The summed E-state index contributed by atoms with van der Waals surface area (Å²) >= 11 is 0. The van der Waals surface area contributed by atoms with Crippen LogP contribution in [0.4, 0.5) is 5.69 Å². The number of hydrogen-bond acceptors (Lipinski definition) is 5.